The third kappa shape index (κ3) is 9.25. The third-order valence-electron chi connectivity index (χ3n) is 6.49. The molecule has 0 aliphatic carbocycles. The number of carbonyl (C=O) groups is 2. The van der Waals surface area contributed by atoms with Crippen LogP contribution in [0.5, 0.6) is 0 Å². The first-order chi connectivity index (χ1) is 18.7. The normalized spacial score (nSPS) is 12.0. The van der Waals surface area contributed by atoms with E-state index in [1.54, 1.807) is 17.0 Å². The summed E-state index contributed by atoms with van der Waals surface area (Å²) in [7, 11) is -3.53. The molecule has 0 radical (unpaired) electrons. The number of rotatable bonds is 14. The molecule has 0 unspecified atom stereocenters. The molecular weight excluding hydrogens is 510 g/mol. The van der Waals surface area contributed by atoms with Crippen LogP contribution < -0.4 is 9.62 Å². The molecule has 0 spiro atoms. The second-order valence-corrected chi connectivity index (χ2v) is 11.7. The molecule has 0 aromatic heterocycles. The zero-order chi connectivity index (χ0) is 28.3. The van der Waals surface area contributed by atoms with Gasteiger partial charge in [-0.15, -0.1) is 0 Å². The minimum Gasteiger partial charge on any atom is -0.354 e. The Balaban J connectivity index is 1.84. The number of sulfonamides is 1. The number of benzene rings is 3. The summed E-state index contributed by atoms with van der Waals surface area (Å²) in [6.07, 6.45) is 2.77. The maximum absolute atomic E-state index is 13.7. The van der Waals surface area contributed by atoms with Gasteiger partial charge in [0.25, 0.3) is 0 Å². The van der Waals surface area contributed by atoms with Gasteiger partial charge in [-0.25, -0.2) is 8.42 Å². The van der Waals surface area contributed by atoms with Crippen LogP contribution in [0.2, 0.25) is 0 Å². The lowest BCUT2D eigenvalue weighted by Gasteiger charge is -2.32. The molecule has 2 amide bonds. The van der Waals surface area contributed by atoms with Gasteiger partial charge < -0.3 is 10.2 Å². The fraction of sp³-hybridized carbons (Fsp3) is 0.355. The van der Waals surface area contributed by atoms with E-state index in [9.17, 15) is 18.0 Å². The van der Waals surface area contributed by atoms with Crippen molar-refractivity contribution in [2.45, 2.75) is 52.1 Å². The summed E-state index contributed by atoms with van der Waals surface area (Å²) >= 11 is 0. The fourth-order valence-corrected chi connectivity index (χ4v) is 5.38. The van der Waals surface area contributed by atoms with Crippen LogP contribution in [0.15, 0.2) is 84.9 Å². The summed E-state index contributed by atoms with van der Waals surface area (Å²) in [6.45, 7) is 4.90. The van der Waals surface area contributed by atoms with Crippen LogP contribution in [-0.4, -0.2) is 50.5 Å². The quantitative estimate of drug-likeness (QED) is 0.316. The number of amides is 2. The van der Waals surface area contributed by atoms with Crippen LogP contribution in [0.4, 0.5) is 5.69 Å². The van der Waals surface area contributed by atoms with Gasteiger partial charge in [0, 0.05) is 32.5 Å². The summed E-state index contributed by atoms with van der Waals surface area (Å²) in [5, 5.41) is 2.97. The number of nitrogens with zero attached hydrogens (tertiary/aromatic N) is 2. The third-order valence-corrected chi connectivity index (χ3v) is 7.68. The molecular formula is C31H39N3O4S. The predicted molar refractivity (Wildman–Crippen MR) is 157 cm³/mol. The lowest BCUT2D eigenvalue weighted by molar-refractivity contribution is -0.141. The fourth-order valence-electron chi connectivity index (χ4n) is 4.42. The molecule has 0 aliphatic rings. The van der Waals surface area contributed by atoms with Gasteiger partial charge in [-0.05, 0) is 43.0 Å². The number of anilines is 1. The molecule has 7 nitrogen and oxygen atoms in total. The van der Waals surface area contributed by atoms with Gasteiger partial charge in [0.15, 0.2) is 0 Å². The van der Waals surface area contributed by atoms with Crippen molar-refractivity contribution in [2.24, 2.45) is 0 Å². The topological polar surface area (TPSA) is 86.8 Å². The molecule has 3 aromatic carbocycles. The standard InChI is InChI=1S/C31H39N3O4S/c1-4-21-32-31(36)29(23-26-12-7-5-8-13-26)33(24-27-14-9-6-10-15-27)30(35)16-11-22-34(39(3,37)38)28-19-17-25(2)18-20-28/h5-10,12-15,17-20,29H,4,11,16,21-24H2,1-3H3,(H,32,36)/t29-/m0/s1. The zero-order valence-electron chi connectivity index (χ0n) is 23.0. The van der Waals surface area contributed by atoms with Gasteiger partial charge in [0.2, 0.25) is 21.8 Å². The lowest BCUT2D eigenvalue weighted by Crippen LogP contribution is -2.50. The van der Waals surface area contributed by atoms with Gasteiger partial charge >= 0.3 is 0 Å². The number of nitrogens with one attached hydrogen (secondary N) is 1. The van der Waals surface area contributed by atoms with Crippen molar-refractivity contribution >= 4 is 27.5 Å². The molecule has 208 valence electrons. The van der Waals surface area contributed by atoms with Crippen LogP contribution in [0, 0.1) is 6.92 Å². The van der Waals surface area contributed by atoms with Gasteiger partial charge in [0.05, 0.1) is 11.9 Å². The van der Waals surface area contributed by atoms with Crippen molar-refractivity contribution in [3.05, 3.63) is 102 Å². The lowest BCUT2D eigenvalue weighted by atomic mass is 10.0. The van der Waals surface area contributed by atoms with E-state index in [1.165, 1.54) is 10.6 Å². The first-order valence-electron chi connectivity index (χ1n) is 13.4. The van der Waals surface area contributed by atoms with Crippen LogP contribution in [0.1, 0.15) is 42.9 Å². The molecule has 1 atom stereocenters. The SMILES string of the molecule is CCCNC(=O)[C@H](Cc1ccccc1)N(Cc1ccccc1)C(=O)CCCN(c1ccc(C)cc1)S(C)(=O)=O. The minimum atomic E-state index is -3.53. The van der Waals surface area contributed by atoms with Gasteiger partial charge in [-0.2, -0.15) is 0 Å². The molecule has 3 rings (SSSR count). The summed E-state index contributed by atoms with van der Waals surface area (Å²) < 4.78 is 26.4. The summed E-state index contributed by atoms with van der Waals surface area (Å²) in [6, 6.07) is 25.9. The van der Waals surface area contributed by atoms with Crippen LogP contribution in [0.3, 0.4) is 0 Å². The van der Waals surface area contributed by atoms with E-state index < -0.39 is 16.1 Å². The zero-order valence-corrected chi connectivity index (χ0v) is 23.9. The average Bonchev–Trinajstić information content (AvgIpc) is 2.92. The first-order valence-corrected chi connectivity index (χ1v) is 15.2. The smallest absolute Gasteiger partial charge is 0.243 e. The highest BCUT2D eigenvalue weighted by Gasteiger charge is 2.30. The number of hydrogen-bond donors (Lipinski definition) is 1. The Hall–Kier alpha value is -3.65. The van der Waals surface area contributed by atoms with E-state index in [2.05, 4.69) is 5.32 Å². The Kier molecular flexibility index (Phi) is 11.1. The molecule has 39 heavy (non-hydrogen) atoms. The highest BCUT2D eigenvalue weighted by molar-refractivity contribution is 7.92. The van der Waals surface area contributed by atoms with E-state index in [4.69, 9.17) is 0 Å². The second-order valence-electron chi connectivity index (χ2n) is 9.78. The highest BCUT2D eigenvalue weighted by atomic mass is 32.2. The van der Waals surface area contributed by atoms with Crippen molar-refractivity contribution in [2.75, 3.05) is 23.7 Å². The predicted octanol–water partition coefficient (Wildman–Crippen LogP) is 4.71. The molecule has 8 heteroatoms. The van der Waals surface area contributed by atoms with Crippen molar-refractivity contribution < 1.29 is 18.0 Å². The van der Waals surface area contributed by atoms with E-state index in [0.717, 1.165) is 23.1 Å². The first kappa shape index (κ1) is 29.9. The van der Waals surface area contributed by atoms with Crippen LogP contribution in [-0.2, 0) is 32.6 Å². The van der Waals surface area contributed by atoms with E-state index >= 15 is 0 Å². The van der Waals surface area contributed by atoms with Crippen molar-refractivity contribution in [3.8, 4) is 0 Å². The molecule has 0 saturated carbocycles. The number of aryl methyl sites for hydroxylation is 1. The highest BCUT2D eigenvalue weighted by Crippen LogP contribution is 2.20. The number of hydrogen-bond acceptors (Lipinski definition) is 4. The van der Waals surface area contributed by atoms with Crippen LogP contribution >= 0.6 is 0 Å². The van der Waals surface area contributed by atoms with E-state index in [0.29, 0.717) is 25.1 Å². The van der Waals surface area contributed by atoms with Gasteiger partial charge in [0.1, 0.15) is 6.04 Å². The van der Waals surface area contributed by atoms with E-state index in [-0.39, 0.29) is 31.3 Å². The monoisotopic (exact) mass is 549 g/mol. The maximum Gasteiger partial charge on any atom is 0.243 e. The number of carbonyl (C=O) groups excluding carboxylic acids is 2. The van der Waals surface area contributed by atoms with Gasteiger partial charge in [-0.1, -0.05) is 85.3 Å². The molecule has 0 fully saturated rings. The second kappa shape index (κ2) is 14.5. The average molecular weight is 550 g/mol. The summed E-state index contributed by atoms with van der Waals surface area (Å²) in [5.41, 5.74) is 3.48. The summed E-state index contributed by atoms with van der Waals surface area (Å²) in [4.78, 5) is 28.8. The molecule has 0 bridgehead atoms. The molecule has 0 heterocycles. The molecule has 1 N–H and O–H groups in total. The Morgan fingerprint density at radius 1 is 0.872 bits per heavy atom. The summed E-state index contributed by atoms with van der Waals surface area (Å²) in [5.74, 6) is -0.383. The molecule has 0 saturated heterocycles. The maximum atomic E-state index is 13.7. The minimum absolute atomic E-state index is 0.108. The van der Waals surface area contributed by atoms with E-state index in [1.807, 2.05) is 86.6 Å². The Bertz CT molecular complexity index is 1300. The van der Waals surface area contributed by atoms with Crippen molar-refractivity contribution in [1.29, 1.82) is 0 Å². The molecule has 3 aromatic rings. The molecule has 0 aliphatic heterocycles. The van der Waals surface area contributed by atoms with Gasteiger partial charge in [-0.3, -0.25) is 13.9 Å². The van der Waals surface area contributed by atoms with Crippen molar-refractivity contribution in [3.63, 3.8) is 0 Å². The van der Waals surface area contributed by atoms with Crippen LogP contribution in [0.25, 0.3) is 0 Å². The Morgan fingerprint density at radius 2 is 1.46 bits per heavy atom. The Morgan fingerprint density at radius 3 is 2.03 bits per heavy atom. The Labute approximate surface area is 232 Å². The van der Waals surface area contributed by atoms with Crippen molar-refractivity contribution in [1.82, 2.24) is 10.2 Å². The largest absolute Gasteiger partial charge is 0.354 e.